The Morgan fingerprint density at radius 2 is 1.27 bits per heavy atom. The molecule has 6 nitrogen and oxygen atoms in total. The first-order chi connectivity index (χ1) is 21.5. The maximum absolute atomic E-state index is 13.6. The highest BCUT2D eigenvalue weighted by Gasteiger charge is 2.47. The van der Waals surface area contributed by atoms with Gasteiger partial charge in [-0.1, -0.05) is 76.2 Å². The Morgan fingerprint density at radius 3 is 1.87 bits per heavy atom. The molecule has 0 fully saturated rings. The van der Waals surface area contributed by atoms with Crippen LogP contribution < -0.4 is 14.2 Å². The van der Waals surface area contributed by atoms with Gasteiger partial charge in [0.15, 0.2) is 23.1 Å². The fourth-order valence-electron chi connectivity index (χ4n) is 6.70. The van der Waals surface area contributed by atoms with Crippen LogP contribution in [0.25, 0.3) is 0 Å². The van der Waals surface area contributed by atoms with Crippen LogP contribution in [0, 0.1) is 10.8 Å². The molecule has 0 atom stereocenters. The molecule has 0 saturated carbocycles. The second-order valence-electron chi connectivity index (χ2n) is 13.9. The van der Waals surface area contributed by atoms with Gasteiger partial charge in [-0.2, -0.15) is 0 Å². The lowest BCUT2D eigenvalue weighted by Crippen LogP contribution is -2.37. The van der Waals surface area contributed by atoms with E-state index in [0.29, 0.717) is 73.9 Å². The summed E-state index contributed by atoms with van der Waals surface area (Å²) in [6, 6.07) is 23.7. The zero-order valence-corrected chi connectivity index (χ0v) is 26.9. The average Bonchev–Trinajstić information content (AvgIpc) is 2.98. The van der Waals surface area contributed by atoms with Crippen LogP contribution in [0.1, 0.15) is 82.9 Å². The standard InChI is InChI=1S/C39H42O6/c1-6-42-32-18-26(12-17-31(32)44-23-25-10-8-7-9-11-25)24-43-28-15-13-27(14-16-28)35-36-29(40)19-38(2,3)21-33(36)45-34-22-39(4,5)20-30(41)37(34)35/h7-18,35H,6,19-24H2,1-5H3. The predicted molar refractivity (Wildman–Crippen MR) is 173 cm³/mol. The molecular formula is C39H42O6. The highest BCUT2D eigenvalue weighted by atomic mass is 16.5. The third-order valence-electron chi connectivity index (χ3n) is 8.75. The minimum absolute atomic E-state index is 0.0667. The fourth-order valence-corrected chi connectivity index (χ4v) is 6.70. The third kappa shape index (κ3) is 6.70. The Kier molecular flexibility index (Phi) is 8.34. The molecule has 0 bridgehead atoms. The highest BCUT2D eigenvalue weighted by Crippen LogP contribution is 2.53. The molecule has 234 valence electrons. The molecule has 3 aliphatic rings. The van der Waals surface area contributed by atoms with Crippen molar-refractivity contribution in [2.24, 2.45) is 10.8 Å². The second kappa shape index (κ2) is 12.2. The van der Waals surface area contributed by atoms with Crippen molar-refractivity contribution >= 4 is 11.6 Å². The molecule has 6 rings (SSSR count). The average molecular weight is 607 g/mol. The first-order valence-electron chi connectivity index (χ1n) is 15.9. The topological polar surface area (TPSA) is 71.1 Å². The molecule has 3 aromatic carbocycles. The lowest BCUT2D eigenvalue weighted by Gasteiger charge is -2.42. The van der Waals surface area contributed by atoms with Gasteiger partial charge in [0.2, 0.25) is 0 Å². The highest BCUT2D eigenvalue weighted by molar-refractivity contribution is 6.06. The van der Waals surface area contributed by atoms with Gasteiger partial charge in [-0.25, -0.2) is 0 Å². The Hall–Kier alpha value is -4.32. The number of ether oxygens (including phenoxy) is 4. The molecule has 45 heavy (non-hydrogen) atoms. The van der Waals surface area contributed by atoms with Gasteiger partial charge < -0.3 is 18.9 Å². The van der Waals surface area contributed by atoms with Crippen molar-refractivity contribution in [3.8, 4) is 17.2 Å². The summed E-state index contributed by atoms with van der Waals surface area (Å²) in [7, 11) is 0. The normalized spacial score (nSPS) is 19.0. The van der Waals surface area contributed by atoms with Gasteiger partial charge in [0.05, 0.1) is 6.61 Å². The van der Waals surface area contributed by atoms with Crippen molar-refractivity contribution in [1.82, 2.24) is 0 Å². The van der Waals surface area contributed by atoms with Gasteiger partial charge in [0, 0.05) is 42.7 Å². The lowest BCUT2D eigenvalue weighted by molar-refractivity contribution is -0.120. The van der Waals surface area contributed by atoms with Gasteiger partial charge in [-0.05, 0) is 58.7 Å². The number of hydrogen-bond donors (Lipinski definition) is 0. The predicted octanol–water partition coefficient (Wildman–Crippen LogP) is 8.64. The summed E-state index contributed by atoms with van der Waals surface area (Å²) < 4.78 is 24.5. The largest absolute Gasteiger partial charge is 0.490 e. The quantitative estimate of drug-likeness (QED) is 0.243. The first kappa shape index (κ1) is 30.7. The number of hydrogen-bond acceptors (Lipinski definition) is 6. The monoisotopic (exact) mass is 606 g/mol. The molecule has 0 aromatic heterocycles. The van der Waals surface area contributed by atoms with E-state index in [1.165, 1.54) is 0 Å². The van der Waals surface area contributed by atoms with E-state index in [-0.39, 0.29) is 22.4 Å². The SMILES string of the molecule is CCOc1cc(COc2ccc(C3C4=C(CC(C)(C)CC4=O)OC4=C3C(=O)CC(C)(C)C4)cc2)ccc1OCc1ccccc1. The van der Waals surface area contributed by atoms with Crippen LogP contribution in [0.3, 0.4) is 0 Å². The number of Topliss-reactive ketones (excluding diaryl/α,β-unsaturated/α-hetero) is 2. The summed E-state index contributed by atoms with van der Waals surface area (Å²) >= 11 is 0. The summed E-state index contributed by atoms with van der Waals surface area (Å²) in [4.78, 5) is 27.1. The molecule has 0 amide bonds. The summed E-state index contributed by atoms with van der Waals surface area (Å²) in [5.74, 6) is 3.24. The van der Waals surface area contributed by atoms with Crippen molar-refractivity contribution in [1.29, 1.82) is 0 Å². The molecule has 0 saturated heterocycles. The van der Waals surface area contributed by atoms with Crippen LogP contribution in [0.2, 0.25) is 0 Å². The lowest BCUT2D eigenvalue weighted by atomic mass is 9.65. The van der Waals surface area contributed by atoms with Crippen LogP contribution in [-0.4, -0.2) is 18.2 Å². The molecule has 1 heterocycles. The van der Waals surface area contributed by atoms with Crippen molar-refractivity contribution in [2.75, 3.05) is 6.61 Å². The third-order valence-corrected chi connectivity index (χ3v) is 8.75. The van der Waals surface area contributed by atoms with Gasteiger partial charge in [0.1, 0.15) is 30.5 Å². The van der Waals surface area contributed by atoms with Crippen molar-refractivity contribution in [2.45, 2.75) is 79.4 Å². The summed E-state index contributed by atoms with van der Waals surface area (Å²) in [6.07, 6.45) is 2.23. The number of ketones is 2. The van der Waals surface area contributed by atoms with Crippen LogP contribution >= 0.6 is 0 Å². The Bertz CT molecular complexity index is 1610. The zero-order valence-electron chi connectivity index (χ0n) is 26.9. The molecule has 2 aliphatic carbocycles. The van der Waals surface area contributed by atoms with Crippen molar-refractivity contribution in [3.63, 3.8) is 0 Å². The van der Waals surface area contributed by atoms with E-state index >= 15 is 0 Å². The molecule has 1 aliphatic heterocycles. The number of benzene rings is 3. The molecule has 0 unspecified atom stereocenters. The zero-order chi connectivity index (χ0) is 31.8. The van der Waals surface area contributed by atoms with E-state index in [1.54, 1.807) is 0 Å². The smallest absolute Gasteiger partial charge is 0.163 e. The number of carbonyl (C=O) groups is 2. The Labute approximate surface area is 266 Å². The summed E-state index contributed by atoms with van der Waals surface area (Å²) in [5, 5.41) is 0. The van der Waals surface area contributed by atoms with Crippen LogP contribution in [-0.2, 0) is 27.5 Å². The minimum atomic E-state index is -0.415. The summed E-state index contributed by atoms with van der Waals surface area (Å²) in [6.45, 7) is 11.7. The van der Waals surface area contributed by atoms with Gasteiger partial charge >= 0.3 is 0 Å². The van der Waals surface area contributed by atoms with Crippen LogP contribution in [0.15, 0.2) is 95.5 Å². The van der Waals surface area contributed by atoms with Gasteiger partial charge in [-0.15, -0.1) is 0 Å². The minimum Gasteiger partial charge on any atom is -0.490 e. The van der Waals surface area contributed by atoms with Gasteiger partial charge in [-0.3, -0.25) is 9.59 Å². The van der Waals surface area contributed by atoms with E-state index in [4.69, 9.17) is 18.9 Å². The molecule has 0 N–H and O–H groups in total. The van der Waals surface area contributed by atoms with Gasteiger partial charge in [0.25, 0.3) is 0 Å². The van der Waals surface area contributed by atoms with E-state index in [9.17, 15) is 9.59 Å². The molecular weight excluding hydrogens is 564 g/mol. The molecule has 0 spiro atoms. The maximum Gasteiger partial charge on any atom is 0.163 e. The van der Waals surface area contributed by atoms with Crippen LogP contribution in [0.4, 0.5) is 0 Å². The van der Waals surface area contributed by atoms with E-state index in [0.717, 1.165) is 28.2 Å². The van der Waals surface area contributed by atoms with Crippen LogP contribution in [0.5, 0.6) is 17.2 Å². The second-order valence-corrected chi connectivity index (χ2v) is 13.9. The Morgan fingerprint density at radius 1 is 0.667 bits per heavy atom. The van der Waals surface area contributed by atoms with Crippen molar-refractivity contribution < 1.29 is 28.5 Å². The fraction of sp³-hybridized carbons (Fsp3) is 0.385. The molecule has 6 heteroatoms. The number of rotatable bonds is 9. The van der Waals surface area contributed by atoms with Crippen molar-refractivity contribution in [3.05, 3.63) is 112 Å². The maximum atomic E-state index is 13.6. The molecule has 3 aromatic rings. The van der Waals surface area contributed by atoms with E-state index in [2.05, 4.69) is 27.7 Å². The summed E-state index contributed by atoms with van der Waals surface area (Å²) in [5.41, 5.74) is 3.88. The number of carbonyl (C=O) groups excluding carboxylic acids is 2. The van der Waals surface area contributed by atoms with E-state index < -0.39 is 5.92 Å². The Balaban J connectivity index is 1.21. The molecule has 0 radical (unpaired) electrons. The van der Waals surface area contributed by atoms with E-state index in [1.807, 2.05) is 79.7 Å². The first-order valence-corrected chi connectivity index (χ1v) is 15.9. The number of allylic oxidation sites excluding steroid dienone is 4.